The molecule has 1 aliphatic heterocycles. The van der Waals surface area contributed by atoms with Gasteiger partial charge in [-0.2, -0.15) is 4.68 Å². The highest BCUT2D eigenvalue weighted by Crippen LogP contribution is 2.51. The van der Waals surface area contributed by atoms with E-state index in [9.17, 15) is 9.90 Å². The SMILES string of the molecule is O=C1C2=C(Nc3nn(-c4ccccc4)c(O)c3C2c2ccccc2)c2ccccc21. The number of para-hydroxylation sites is 1. The molecule has 5 nitrogen and oxygen atoms in total. The van der Waals surface area contributed by atoms with E-state index in [1.807, 2.05) is 84.9 Å². The number of Topliss-reactive ketones (excluding diaryl/α,β-unsaturated/α-hetero) is 1. The Morgan fingerprint density at radius 3 is 2.20 bits per heavy atom. The zero-order valence-electron chi connectivity index (χ0n) is 15.9. The molecule has 0 fully saturated rings. The highest BCUT2D eigenvalue weighted by atomic mass is 16.3. The van der Waals surface area contributed by atoms with Gasteiger partial charge in [0.2, 0.25) is 5.88 Å². The number of allylic oxidation sites excluding steroid dienone is 1. The molecule has 1 atom stereocenters. The number of carbonyl (C=O) groups excluding carboxylic acids is 1. The molecule has 2 N–H and O–H groups in total. The van der Waals surface area contributed by atoms with Gasteiger partial charge in [-0.15, -0.1) is 5.10 Å². The number of anilines is 1. The third-order valence-electron chi connectivity index (χ3n) is 5.81. The first-order chi connectivity index (χ1) is 14.7. The highest BCUT2D eigenvalue weighted by molar-refractivity contribution is 6.24. The molecule has 1 aromatic heterocycles. The zero-order valence-corrected chi connectivity index (χ0v) is 15.9. The fraction of sp³-hybridized carbons (Fsp3) is 0.0400. The second-order valence-electron chi connectivity index (χ2n) is 7.47. The molecule has 0 spiro atoms. The molecule has 2 heterocycles. The van der Waals surface area contributed by atoms with E-state index in [2.05, 4.69) is 10.4 Å². The molecule has 5 heteroatoms. The van der Waals surface area contributed by atoms with E-state index >= 15 is 0 Å². The summed E-state index contributed by atoms with van der Waals surface area (Å²) in [6.45, 7) is 0. The predicted molar refractivity (Wildman–Crippen MR) is 115 cm³/mol. The second-order valence-corrected chi connectivity index (χ2v) is 7.47. The van der Waals surface area contributed by atoms with Crippen LogP contribution in [0.5, 0.6) is 5.88 Å². The predicted octanol–water partition coefficient (Wildman–Crippen LogP) is 4.74. The van der Waals surface area contributed by atoms with Crippen LogP contribution in [0.15, 0.2) is 90.5 Å². The summed E-state index contributed by atoms with van der Waals surface area (Å²) < 4.78 is 1.52. The van der Waals surface area contributed by atoms with Gasteiger partial charge in [0.25, 0.3) is 0 Å². The number of hydrogen-bond acceptors (Lipinski definition) is 4. The fourth-order valence-corrected chi connectivity index (χ4v) is 4.48. The number of ketones is 1. The van der Waals surface area contributed by atoms with Gasteiger partial charge >= 0.3 is 0 Å². The number of nitrogens with zero attached hydrogens (tertiary/aromatic N) is 2. The molecule has 0 bridgehead atoms. The zero-order chi connectivity index (χ0) is 20.2. The summed E-state index contributed by atoms with van der Waals surface area (Å²) in [6, 6.07) is 26.9. The molecule has 1 aliphatic carbocycles. The molecule has 144 valence electrons. The van der Waals surface area contributed by atoms with Gasteiger partial charge in [-0.1, -0.05) is 72.8 Å². The number of carbonyl (C=O) groups is 1. The van der Waals surface area contributed by atoms with E-state index in [4.69, 9.17) is 0 Å². The highest BCUT2D eigenvalue weighted by Gasteiger charge is 2.43. The van der Waals surface area contributed by atoms with Gasteiger partial charge in [-0.25, -0.2) is 0 Å². The monoisotopic (exact) mass is 391 g/mol. The summed E-state index contributed by atoms with van der Waals surface area (Å²) in [7, 11) is 0. The molecule has 0 saturated carbocycles. The number of nitrogens with one attached hydrogen (secondary N) is 1. The van der Waals surface area contributed by atoms with E-state index in [0.29, 0.717) is 22.5 Å². The number of benzene rings is 3. The van der Waals surface area contributed by atoms with Gasteiger partial charge in [0.05, 0.1) is 16.9 Å². The Morgan fingerprint density at radius 1 is 0.833 bits per heavy atom. The van der Waals surface area contributed by atoms with E-state index < -0.39 is 5.92 Å². The van der Waals surface area contributed by atoms with Crippen LogP contribution in [0, 0.1) is 0 Å². The van der Waals surface area contributed by atoms with Crippen molar-refractivity contribution in [2.24, 2.45) is 0 Å². The van der Waals surface area contributed by atoms with Crippen molar-refractivity contribution in [1.29, 1.82) is 0 Å². The molecule has 1 unspecified atom stereocenters. The minimum absolute atomic E-state index is 0.0144. The molecule has 3 aromatic carbocycles. The Morgan fingerprint density at radius 2 is 1.47 bits per heavy atom. The fourth-order valence-electron chi connectivity index (χ4n) is 4.48. The van der Waals surface area contributed by atoms with Crippen molar-refractivity contribution in [1.82, 2.24) is 9.78 Å². The number of aromatic nitrogens is 2. The lowest BCUT2D eigenvalue weighted by atomic mass is 9.82. The van der Waals surface area contributed by atoms with E-state index in [0.717, 1.165) is 22.5 Å². The Labute approximate surface area is 172 Å². The molecule has 0 amide bonds. The minimum Gasteiger partial charge on any atom is -0.493 e. The Balaban J connectivity index is 1.62. The van der Waals surface area contributed by atoms with E-state index in [-0.39, 0.29) is 11.7 Å². The lowest BCUT2D eigenvalue weighted by molar-refractivity contribution is 0.103. The topological polar surface area (TPSA) is 67.2 Å². The number of fused-ring (bicyclic) bond motifs is 3. The van der Waals surface area contributed by atoms with Crippen LogP contribution in [0.25, 0.3) is 11.4 Å². The third-order valence-corrected chi connectivity index (χ3v) is 5.81. The van der Waals surface area contributed by atoms with Gasteiger partial charge < -0.3 is 10.4 Å². The molecule has 4 aromatic rings. The minimum atomic E-state index is -0.408. The first-order valence-electron chi connectivity index (χ1n) is 9.81. The van der Waals surface area contributed by atoms with Crippen LogP contribution >= 0.6 is 0 Å². The van der Waals surface area contributed by atoms with Gasteiger partial charge in [-0.3, -0.25) is 4.79 Å². The third kappa shape index (κ3) is 2.23. The van der Waals surface area contributed by atoms with Crippen molar-refractivity contribution in [3.05, 3.63) is 113 Å². The lowest BCUT2D eigenvalue weighted by Gasteiger charge is -2.25. The average Bonchev–Trinajstić information content (AvgIpc) is 3.28. The van der Waals surface area contributed by atoms with Crippen molar-refractivity contribution in [2.45, 2.75) is 5.92 Å². The summed E-state index contributed by atoms with van der Waals surface area (Å²) in [5.41, 5.74) is 5.29. The number of rotatable bonds is 2. The molecule has 0 radical (unpaired) electrons. The molecule has 2 aliphatic rings. The smallest absolute Gasteiger partial charge is 0.220 e. The van der Waals surface area contributed by atoms with Crippen molar-refractivity contribution in [3.8, 4) is 11.6 Å². The summed E-state index contributed by atoms with van der Waals surface area (Å²) in [5, 5.41) is 19.2. The summed E-state index contributed by atoms with van der Waals surface area (Å²) in [5.74, 6) is 0.176. The number of hydrogen-bond donors (Lipinski definition) is 2. The van der Waals surface area contributed by atoms with Crippen molar-refractivity contribution < 1.29 is 9.90 Å². The normalized spacial score (nSPS) is 16.7. The molecule has 30 heavy (non-hydrogen) atoms. The van der Waals surface area contributed by atoms with Crippen LogP contribution in [0.4, 0.5) is 5.82 Å². The van der Waals surface area contributed by atoms with Crippen molar-refractivity contribution in [3.63, 3.8) is 0 Å². The average molecular weight is 391 g/mol. The first kappa shape index (κ1) is 16.8. The van der Waals surface area contributed by atoms with E-state index in [1.165, 1.54) is 4.68 Å². The second kappa shape index (κ2) is 6.19. The lowest BCUT2D eigenvalue weighted by Crippen LogP contribution is -2.18. The Kier molecular flexibility index (Phi) is 3.47. The molecule has 0 saturated heterocycles. The van der Waals surface area contributed by atoms with E-state index in [1.54, 1.807) is 0 Å². The van der Waals surface area contributed by atoms with Crippen LogP contribution in [-0.2, 0) is 0 Å². The molecular formula is C25H17N3O2. The van der Waals surface area contributed by atoms with Crippen LogP contribution in [0.2, 0.25) is 0 Å². The van der Waals surface area contributed by atoms with Crippen LogP contribution < -0.4 is 5.32 Å². The summed E-state index contributed by atoms with van der Waals surface area (Å²) >= 11 is 0. The molecule has 6 rings (SSSR count). The van der Waals surface area contributed by atoms with Crippen LogP contribution in [-0.4, -0.2) is 20.7 Å². The largest absolute Gasteiger partial charge is 0.493 e. The molecular weight excluding hydrogens is 374 g/mol. The van der Waals surface area contributed by atoms with Gasteiger partial charge in [0.15, 0.2) is 11.6 Å². The van der Waals surface area contributed by atoms with Gasteiger partial charge in [0, 0.05) is 22.6 Å². The maximum atomic E-state index is 13.4. The maximum absolute atomic E-state index is 13.4. The Bertz CT molecular complexity index is 1340. The van der Waals surface area contributed by atoms with Crippen LogP contribution in [0.3, 0.4) is 0 Å². The maximum Gasteiger partial charge on any atom is 0.220 e. The van der Waals surface area contributed by atoms with Crippen LogP contribution in [0.1, 0.15) is 33.0 Å². The van der Waals surface area contributed by atoms with Gasteiger partial charge in [0.1, 0.15) is 0 Å². The van der Waals surface area contributed by atoms with Crippen molar-refractivity contribution >= 4 is 17.3 Å². The first-order valence-corrected chi connectivity index (χ1v) is 9.81. The number of aromatic hydroxyl groups is 1. The standard InChI is InChI=1S/C25H17N3O2/c29-23-18-14-8-7-13-17(18)22-20(23)19(15-9-3-1-4-10-15)21-24(26-22)27-28(25(21)30)16-11-5-2-6-12-16/h1-14,19,30H,(H,26,27). The van der Waals surface area contributed by atoms with Gasteiger partial charge in [-0.05, 0) is 17.7 Å². The summed E-state index contributed by atoms with van der Waals surface area (Å²) in [4.78, 5) is 13.4. The summed E-state index contributed by atoms with van der Waals surface area (Å²) in [6.07, 6.45) is 0. The quantitative estimate of drug-likeness (QED) is 0.518. The van der Waals surface area contributed by atoms with Crippen molar-refractivity contribution in [2.75, 3.05) is 5.32 Å². The Hall–Kier alpha value is -4.12.